The molecule has 2 aromatic rings. The van der Waals surface area contributed by atoms with Crippen molar-refractivity contribution in [1.82, 2.24) is 4.90 Å². The van der Waals surface area contributed by atoms with Crippen LogP contribution in [0.15, 0.2) is 53.4 Å². The first kappa shape index (κ1) is 17.1. The van der Waals surface area contributed by atoms with Crippen molar-refractivity contribution >= 4 is 23.5 Å². The summed E-state index contributed by atoms with van der Waals surface area (Å²) in [6, 6.07) is 13.6. The van der Waals surface area contributed by atoms with Crippen LogP contribution < -0.4 is 10.1 Å². The Hall–Kier alpha value is -2.21. The number of hydrogen-bond acceptors (Lipinski definition) is 3. The van der Waals surface area contributed by atoms with Crippen LogP contribution in [0.3, 0.4) is 0 Å². The second-order valence-corrected chi connectivity index (χ2v) is 5.68. The van der Waals surface area contributed by atoms with Crippen LogP contribution in [0.1, 0.15) is 0 Å². The number of ether oxygens (including phenoxy) is 1. The molecule has 0 spiro atoms. The topological polar surface area (TPSA) is 41.6 Å². The lowest BCUT2D eigenvalue weighted by molar-refractivity contribution is 0.206. The monoisotopic (exact) mass is 334 g/mol. The number of urea groups is 1. The lowest BCUT2D eigenvalue weighted by Gasteiger charge is -2.19. The number of hydrogen-bond donors (Lipinski definition) is 1. The number of para-hydroxylation sites is 2. The highest BCUT2D eigenvalue weighted by molar-refractivity contribution is 7.98. The standard InChI is InChI=1S/C17H19FN2O2S/c1-20(11-12-22-15-9-5-3-7-13(15)18)17(21)19-14-8-4-6-10-16(14)23-2/h3-10H,11-12H2,1-2H3,(H,19,21). The van der Waals surface area contributed by atoms with Crippen molar-refractivity contribution in [3.8, 4) is 5.75 Å². The van der Waals surface area contributed by atoms with E-state index in [1.165, 1.54) is 11.0 Å². The molecule has 0 unspecified atom stereocenters. The van der Waals surface area contributed by atoms with Gasteiger partial charge in [0.2, 0.25) is 0 Å². The van der Waals surface area contributed by atoms with E-state index < -0.39 is 5.82 Å². The Morgan fingerprint density at radius 3 is 2.65 bits per heavy atom. The molecule has 2 rings (SSSR count). The third kappa shape index (κ3) is 4.89. The number of rotatable bonds is 6. The average Bonchev–Trinajstić information content (AvgIpc) is 2.57. The zero-order valence-electron chi connectivity index (χ0n) is 13.1. The van der Waals surface area contributed by atoms with Crippen LogP contribution in [0.25, 0.3) is 0 Å². The van der Waals surface area contributed by atoms with Gasteiger partial charge in [0.1, 0.15) is 6.61 Å². The second-order valence-electron chi connectivity index (χ2n) is 4.83. The van der Waals surface area contributed by atoms with Crippen LogP contribution in [0.5, 0.6) is 5.75 Å². The summed E-state index contributed by atoms with van der Waals surface area (Å²) in [6.45, 7) is 0.566. The number of halogens is 1. The number of nitrogens with one attached hydrogen (secondary N) is 1. The van der Waals surface area contributed by atoms with Gasteiger partial charge in [-0.2, -0.15) is 0 Å². The van der Waals surface area contributed by atoms with E-state index in [9.17, 15) is 9.18 Å². The van der Waals surface area contributed by atoms with Gasteiger partial charge in [-0.1, -0.05) is 24.3 Å². The highest BCUT2D eigenvalue weighted by Gasteiger charge is 2.11. The molecule has 2 amide bonds. The van der Waals surface area contributed by atoms with E-state index in [0.717, 1.165) is 10.6 Å². The second kappa shape index (κ2) is 8.43. The molecule has 4 nitrogen and oxygen atoms in total. The predicted molar refractivity (Wildman–Crippen MR) is 91.8 cm³/mol. The number of likely N-dealkylation sites (N-methyl/N-ethyl adjacent to an activating group) is 1. The van der Waals surface area contributed by atoms with Gasteiger partial charge in [-0.05, 0) is 30.5 Å². The summed E-state index contributed by atoms with van der Waals surface area (Å²) in [7, 11) is 1.67. The van der Waals surface area contributed by atoms with Gasteiger partial charge in [0, 0.05) is 11.9 Å². The smallest absolute Gasteiger partial charge is 0.321 e. The zero-order valence-corrected chi connectivity index (χ0v) is 13.9. The Balaban J connectivity index is 1.84. The molecule has 2 aromatic carbocycles. The molecule has 0 aliphatic heterocycles. The van der Waals surface area contributed by atoms with Gasteiger partial charge in [0.25, 0.3) is 0 Å². The number of benzene rings is 2. The van der Waals surface area contributed by atoms with Gasteiger partial charge in [-0.25, -0.2) is 9.18 Å². The van der Waals surface area contributed by atoms with E-state index in [0.29, 0.717) is 6.54 Å². The van der Waals surface area contributed by atoms with E-state index in [-0.39, 0.29) is 18.4 Å². The predicted octanol–water partition coefficient (Wildman–Crippen LogP) is 4.09. The number of carbonyl (C=O) groups is 1. The van der Waals surface area contributed by atoms with Crippen molar-refractivity contribution < 1.29 is 13.9 Å². The quantitative estimate of drug-likeness (QED) is 0.809. The minimum Gasteiger partial charge on any atom is -0.489 e. The number of amides is 2. The summed E-state index contributed by atoms with van der Waals surface area (Å²) in [5.74, 6) is -0.220. The van der Waals surface area contributed by atoms with Crippen LogP contribution in [0, 0.1) is 5.82 Å². The molecule has 0 saturated heterocycles. The van der Waals surface area contributed by atoms with Gasteiger partial charge in [0.15, 0.2) is 11.6 Å². The molecule has 0 heterocycles. The van der Waals surface area contributed by atoms with Crippen molar-refractivity contribution in [3.63, 3.8) is 0 Å². The van der Waals surface area contributed by atoms with Gasteiger partial charge in [0.05, 0.1) is 12.2 Å². The number of nitrogens with zero attached hydrogens (tertiary/aromatic N) is 1. The first-order valence-electron chi connectivity index (χ1n) is 7.14. The normalized spacial score (nSPS) is 10.2. The Morgan fingerprint density at radius 1 is 1.22 bits per heavy atom. The fraction of sp³-hybridized carbons (Fsp3) is 0.235. The van der Waals surface area contributed by atoms with Crippen LogP contribution in [-0.4, -0.2) is 37.4 Å². The summed E-state index contributed by atoms with van der Waals surface area (Å²) in [6.07, 6.45) is 1.96. The lowest BCUT2D eigenvalue weighted by Crippen LogP contribution is -2.34. The SMILES string of the molecule is CSc1ccccc1NC(=O)N(C)CCOc1ccccc1F. The molecule has 0 atom stereocenters. The zero-order chi connectivity index (χ0) is 16.7. The van der Waals surface area contributed by atoms with Crippen molar-refractivity contribution in [2.75, 3.05) is 31.8 Å². The third-order valence-corrected chi connectivity index (χ3v) is 4.01. The Labute approximate surface area is 139 Å². The van der Waals surface area contributed by atoms with Crippen LogP contribution in [0.2, 0.25) is 0 Å². The maximum atomic E-state index is 13.4. The molecule has 0 radical (unpaired) electrons. The molecule has 6 heteroatoms. The molecular formula is C17H19FN2O2S. The fourth-order valence-electron chi connectivity index (χ4n) is 1.91. The van der Waals surface area contributed by atoms with Gasteiger partial charge in [-0.3, -0.25) is 0 Å². The molecule has 0 saturated carbocycles. The van der Waals surface area contributed by atoms with E-state index >= 15 is 0 Å². The highest BCUT2D eigenvalue weighted by Crippen LogP contribution is 2.24. The Morgan fingerprint density at radius 2 is 1.91 bits per heavy atom. The van der Waals surface area contributed by atoms with Gasteiger partial charge >= 0.3 is 6.03 Å². The molecule has 0 fully saturated rings. The first-order valence-corrected chi connectivity index (χ1v) is 8.36. The largest absolute Gasteiger partial charge is 0.489 e. The van der Waals surface area contributed by atoms with Gasteiger partial charge < -0.3 is 15.0 Å². The first-order chi connectivity index (χ1) is 11.1. The van der Waals surface area contributed by atoms with Crippen molar-refractivity contribution in [2.24, 2.45) is 0 Å². The summed E-state index contributed by atoms with van der Waals surface area (Å²) >= 11 is 1.57. The van der Waals surface area contributed by atoms with Crippen molar-refractivity contribution in [3.05, 3.63) is 54.3 Å². The van der Waals surface area contributed by atoms with Crippen LogP contribution in [0.4, 0.5) is 14.9 Å². The van der Waals surface area contributed by atoms with E-state index in [2.05, 4.69) is 5.32 Å². The Bertz CT molecular complexity index is 667. The van der Waals surface area contributed by atoms with Crippen LogP contribution in [-0.2, 0) is 0 Å². The number of carbonyl (C=O) groups excluding carboxylic acids is 1. The van der Waals surface area contributed by atoms with Gasteiger partial charge in [-0.15, -0.1) is 11.8 Å². The summed E-state index contributed by atoms with van der Waals surface area (Å²) in [5, 5.41) is 2.86. The minimum absolute atomic E-state index is 0.189. The number of anilines is 1. The lowest BCUT2D eigenvalue weighted by atomic mass is 10.3. The fourth-order valence-corrected chi connectivity index (χ4v) is 2.47. The third-order valence-electron chi connectivity index (χ3n) is 3.22. The Kier molecular flexibility index (Phi) is 6.29. The maximum absolute atomic E-state index is 13.4. The number of thioether (sulfide) groups is 1. The van der Waals surface area contributed by atoms with Crippen molar-refractivity contribution in [1.29, 1.82) is 0 Å². The van der Waals surface area contributed by atoms with E-state index in [1.807, 2.05) is 30.5 Å². The van der Waals surface area contributed by atoms with Crippen molar-refractivity contribution in [2.45, 2.75) is 4.90 Å². The molecule has 0 bridgehead atoms. The molecule has 0 aromatic heterocycles. The van der Waals surface area contributed by atoms with Crippen LogP contribution >= 0.6 is 11.8 Å². The van der Waals surface area contributed by atoms with E-state index in [4.69, 9.17) is 4.74 Å². The molecular weight excluding hydrogens is 315 g/mol. The molecule has 1 N–H and O–H groups in total. The highest BCUT2D eigenvalue weighted by atomic mass is 32.2. The molecule has 0 aliphatic carbocycles. The van der Waals surface area contributed by atoms with E-state index in [1.54, 1.807) is 37.0 Å². The summed E-state index contributed by atoms with van der Waals surface area (Å²) in [5.41, 5.74) is 0.770. The minimum atomic E-state index is -0.409. The molecule has 0 aliphatic rings. The average molecular weight is 334 g/mol. The maximum Gasteiger partial charge on any atom is 0.321 e. The summed E-state index contributed by atoms with van der Waals surface area (Å²) in [4.78, 5) is 14.7. The summed E-state index contributed by atoms with van der Waals surface area (Å²) < 4.78 is 18.8. The molecule has 23 heavy (non-hydrogen) atoms. The molecule has 122 valence electrons.